The first-order valence-corrected chi connectivity index (χ1v) is 15.2. The Morgan fingerprint density at radius 3 is 2.29 bits per heavy atom. The quantitative estimate of drug-likeness (QED) is 0.326. The smallest absolute Gasteiger partial charge is 0.279 e. The summed E-state index contributed by atoms with van der Waals surface area (Å²) in [7, 11) is -4.63. The van der Waals surface area contributed by atoms with Crippen LogP contribution in [0.3, 0.4) is 0 Å². The van der Waals surface area contributed by atoms with Crippen molar-refractivity contribution in [2.45, 2.75) is 22.9 Å². The molecule has 10 nitrogen and oxygen atoms in total. The van der Waals surface area contributed by atoms with E-state index in [2.05, 4.69) is 4.99 Å². The molecule has 0 atom stereocenters. The maximum atomic E-state index is 13.0. The first-order chi connectivity index (χ1) is 18.0. The molecule has 4 aromatic rings. The third-order valence-corrected chi connectivity index (χ3v) is 9.53. The second kappa shape index (κ2) is 11.3. The van der Waals surface area contributed by atoms with Gasteiger partial charge in [-0.15, -0.1) is 0 Å². The van der Waals surface area contributed by atoms with Crippen LogP contribution in [0.5, 0.6) is 0 Å². The van der Waals surface area contributed by atoms with Gasteiger partial charge in [-0.1, -0.05) is 41.7 Å². The van der Waals surface area contributed by atoms with Crippen LogP contribution in [0.25, 0.3) is 10.2 Å². The van der Waals surface area contributed by atoms with Crippen LogP contribution in [-0.4, -0.2) is 52.4 Å². The standard InChI is InChI=1S/C25H26N4O6S3/c1-28(17-18-6-4-3-5-7-18)38(33,34)20-10-8-19(9-11-20)24(30)27-25-29(14-15-35-2)22-13-12-21(37(26,31)32)16-23(22)36-25/h3-13,16H,14-15,17H2,1-2H3,(H2,26,31,32). The van der Waals surface area contributed by atoms with Gasteiger partial charge in [-0.25, -0.2) is 22.0 Å². The van der Waals surface area contributed by atoms with Crippen LogP contribution in [0.15, 0.2) is 87.6 Å². The van der Waals surface area contributed by atoms with E-state index >= 15 is 0 Å². The number of hydrogen-bond acceptors (Lipinski definition) is 7. The largest absolute Gasteiger partial charge is 0.383 e. The molecule has 38 heavy (non-hydrogen) atoms. The van der Waals surface area contributed by atoms with Gasteiger partial charge in [-0.2, -0.15) is 9.30 Å². The Balaban J connectivity index is 1.64. The van der Waals surface area contributed by atoms with Gasteiger partial charge in [0.25, 0.3) is 5.91 Å². The summed E-state index contributed by atoms with van der Waals surface area (Å²) in [6, 6.07) is 19.3. The second-order valence-corrected chi connectivity index (χ2v) is 13.0. The predicted octanol–water partition coefficient (Wildman–Crippen LogP) is 2.56. The van der Waals surface area contributed by atoms with Gasteiger partial charge in [0, 0.05) is 32.8 Å². The highest BCUT2D eigenvalue weighted by Gasteiger charge is 2.21. The monoisotopic (exact) mass is 574 g/mol. The lowest BCUT2D eigenvalue weighted by atomic mass is 10.2. The Hall–Kier alpha value is -3.20. The number of methoxy groups -OCH3 is 1. The Labute approximate surface area is 224 Å². The molecule has 0 aliphatic carbocycles. The van der Waals surface area contributed by atoms with E-state index in [0.29, 0.717) is 28.2 Å². The maximum absolute atomic E-state index is 13.0. The predicted molar refractivity (Wildman–Crippen MR) is 144 cm³/mol. The average Bonchev–Trinajstić information content (AvgIpc) is 3.23. The van der Waals surface area contributed by atoms with Crippen LogP contribution in [0.2, 0.25) is 0 Å². The Kier molecular flexibility index (Phi) is 8.25. The second-order valence-electron chi connectivity index (χ2n) is 8.39. The molecule has 3 aromatic carbocycles. The van der Waals surface area contributed by atoms with Crippen molar-refractivity contribution in [2.24, 2.45) is 10.1 Å². The van der Waals surface area contributed by atoms with E-state index in [4.69, 9.17) is 9.88 Å². The summed E-state index contributed by atoms with van der Waals surface area (Å²) in [6.45, 7) is 0.926. The third-order valence-electron chi connectivity index (χ3n) is 5.76. The van der Waals surface area contributed by atoms with Crippen molar-refractivity contribution in [3.8, 4) is 0 Å². The summed E-state index contributed by atoms with van der Waals surface area (Å²) >= 11 is 1.14. The molecule has 1 heterocycles. The number of fused-ring (bicyclic) bond motifs is 1. The molecular formula is C25H26N4O6S3. The van der Waals surface area contributed by atoms with Gasteiger partial charge in [-0.05, 0) is 48.0 Å². The first-order valence-electron chi connectivity index (χ1n) is 11.4. The Morgan fingerprint density at radius 2 is 1.66 bits per heavy atom. The minimum Gasteiger partial charge on any atom is -0.383 e. The molecule has 4 rings (SSSR count). The van der Waals surface area contributed by atoms with Gasteiger partial charge >= 0.3 is 0 Å². The van der Waals surface area contributed by atoms with Crippen LogP contribution in [0.1, 0.15) is 15.9 Å². The van der Waals surface area contributed by atoms with Crippen molar-refractivity contribution in [3.05, 3.63) is 88.7 Å². The number of thiazole rings is 1. The molecule has 0 radical (unpaired) electrons. The lowest BCUT2D eigenvalue weighted by Crippen LogP contribution is -2.26. The highest BCUT2D eigenvalue weighted by molar-refractivity contribution is 7.89. The molecular weight excluding hydrogens is 548 g/mol. The number of ether oxygens (including phenoxy) is 1. The zero-order chi connectivity index (χ0) is 27.5. The van der Waals surface area contributed by atoms with E-state index in [1.54, 1.807) is 17.7 Å². The fourth-order valence-electron chi connectivity index (χ4n) is 3.74. The number of carbonyl (C=O) groups excluding carboxylic acids is 1. The van der Waals surface area contributed by atoms with Crippen LogP contribution < -0.4 is 9.94 Å². The van der Waals surface area contributed by atoms with Crippen molar-refractivity contribution < 1.29 is 26.4 Å². The van der Waals surface area contributed by atoms with Crippen molar-refractivity contribution in [2.75, 3.05) is 20.8 Å². The van der Waals surface area contributed by atoms with Crippen molar-refractivity contribution >= 4 is 47.5 Å². The number of hydrogen-bond donors (Lipinski definition) is 1. The highest BCUT2D eigenvalue weighted by atomic mass is 32.2. The van der Waals surface area contributed by atoms with Crippen molar-refractivity contribution in [1.82, 2.24) is 8.87 Å². The first kappa shape index (κ1) is 27.8. The minimum atomic E-state index is -3.90. The van der Waals surface area contributed by atoms with Crippen molar-refractivity contribution in [3.63, 3.8) is 0 Å². The van der Waals surface area contributed by atoms with Gasteiger partial charge in [-0.3, -0.25) is 4.79 Å². The van der Waals surface area contributed by atoms with Crippen molar-refractivity contribution in [1.29, 1.82) is 0 Å². The van der Waals surface area contributed by atoms with Gasteiger partial charge in [0.15, 0.2) is 4.80 Å². The SMILES string of the molecule is COCCn1c(=NC(=O)c2ccc(S(=O)(=O)N(C)Cc3ccccc3)cc2)sc2cc(S(N)(=O)=O)ccc21. The molecule has 1 aromatic heterocycles. The summed E-state index contributed by atoms with van der Waals surface area (Å²) in [6.07, 6.45) is 0. The zero-order valence-electron chi connectivity index (χ0n) is 20.6. The Morgan fingerprint density at radius 1 is 1.00 bits per heavy atom. The summed E-state index contributed by atoms with van der Waals surface area (Å²) in [5, 5.41) is 5.26. The molecule has 1 amide bonds. The molecule has 0 saturated carbocycles. The fraction of sp³-hybridized carbons (Fsp3) is 0.200. The number of sulfonamides is 2. The van der Waals surface area contributed by atoms with Crippen LogP contribution in [0, 0.1) is 0 Å². The Bertz CT molecular complexity index is 1740. The number of carbonyl (C=O) groups is 1. The van der Waals surface area contributed by atoms with E-state index < -0.39 is 26.0 Å². The van der Waals surface area contributed by atoms with Gasteiger partial charge in [0.2, 0.25) is 20.0 Å². The third kappa shape index (κ3) is 6.09. The normalized spacial score (nSPS) is 12.9. The molecule has 0 aliphatic rings. The molecule has 0 spiro atoms. The average molecular weight is 575 g/mol. The fourth-order valence-corrected chi connectivity index (χ4v) is 6.61. The lowest BCUT2D eigenvalue weighted by molar-refractivity contribution is 0.0997. The van der Waals surface area contributed by atoms with Gasteiger partial charge in [0.05, 0.1) is 26.6 Å². The molecule has 13 heteroatoms. The van der Waals surface area contributed by atoms with Crippen LogP contribution in [-0.2, 0) is 37.9 Å². The van der Waals surface area contributed by atoms with Gasteiger partial charge < -0.3 is 9.30 Å². The van der Waals surface area contributed by atoms with E-state index in [1.165, 1.54) is 47.8 Å². The highest BCUT2D eigenvalue weighted by Crippen LogP contribution is 2.22. The van der Waals surface area contributed by atoms with E-state index in [-0.39, 0.29) is 21.9 Å². The molecule has 200 valence electrons. The van der Waals surface area contributed by atoms with Crippen LogP contribution in [0.4, 0.5) is 0 Å². The molecule has 0 bridgehead atoms. The number of aromatic nitrogens is 1. The number of amides is 1. The van der Waals surface area contributed by atoms with E-state index in [0.717, 1.165) is 16.9 Å². The summed E-state index contributed by atoms with van der Waals surface area (Å²) in [5.74, 6) is -0.573. The van der Waals surface area contributed by atoms with Gasteiger partial charge in [0.1, 0.15) is 0 Å². The minimum absolute atomic E-state index is 0.0444. The number of primary sulfonamides is 1. The summed E-state index contributed by atoms with van der Waals surface area (Å²) in [5.41, 5.74) is 1.73. The number of nitrogens with two attached hydrogens (primary N) is 1. The van der Waals surface area contributed by atoms with E-state index in [9.17, 15) is 21.6 Å². The number of nitrogens with zero attached hydrogens (tertiary/aromatic N) is 3. The topological polar surface area (TPSA) is 141 Å². The summed E-state index contributed by atoms with van der Waals surface area (Å²) in [4.78, 5) is 17.6. The zero-order valence-corrected chi connectivity index (χ0v) is 23.1. The van der Waals surface area contributed by atoms with Crippen LogP contribution >= 0.6 is 11.3 Å². The molecule has 0 fully saturated rings. The van der Waals surface area contributed by atoms with E-state index in [1.807, 2.05) is 30.3 Å². The maximum Gasteiger partial charge on any atom is 0.279 e. The molecule has 2 N–H and O–H groups in total. The molecule has 0 aliphatic heterocycles. The lowest BCUT2D eigenvalue weighted by Gasteiger charge is -2.17. The number of rotatable bonds is 9. The number of benzene rings is 3. The summed E-state index contributed by atoms with van der Waals surface area (Å²) < 4.78 is 58.3. The molecule has 0 unspecified atom stereocenters. The molecule has 0 saturated heterocycles.